The summed E-state index contributed by atoms with van der Waals surface area (Å²) in [6, 6.07) is 10.2. The van der Waals surface area contributed by atoms with Gasteiger partial charge in [0.15, 0.2) is 0 Å². The number of likely N-dealkylation sites (tertiary alicyclic amines) is 1. The molecule has 0 spiro atoms. The lowest BCUT2D eigenvalue weighted by molar-refractivity contribution is -0.120. The molecule has 130 valence electrons. The van der Waals surface area contributed by atoms with E-state index in [-0.39, 0.29) is 5.91 Å². The van der Waals surface area contributed by atoms with Crippen molar-refractivity contribution in [3.63, 3.8) is 0 Å². The third kappa shape index (κ3) is 3.19. The normalized spacial score (nSPS) is 21.0. The van der Waals surface area contributed by atoms with Crippen molar-refractivity contribution < 1.29 is 9.21 Å². The van der Waals surface area contributed by atoms with Crippen molar-refractivity contribution in [2.75, 3.05) is 13.1 Å². The molecule has 3 heterocycles. The van der Waals surface area contributed by atoms with Crippen LogP contribution in [0.1, 0.15) is 29.8 Å². The van der Waals surface area contributed by atoms with Crippen LogP contribution in [0, 0.1) is 6.92 Å². The number of aryl methyl sites for hydroxylation is 1. The van der Waals surface area contributed by atoms with Gasteiger partial charge in [-0.2, -0.15) is 0 Å². The molecule has 0 saturated carbocycles. The van der Waals surface area contributed by atoms with Crippen LogP contribution in [-0.4, -0.2) is 28.9 Å². The predicted octanol–water partition coefficient (Wildman–Crippen LogP) is 3.44. The minimum absolute atomic E-state index is 0.0153. The van der Waals surface area contributed by atoms with Gasteiger partial charge in [-0.15, -0.1) is 11.3 Å². The number of nitrogens with zero attached hydrogens (tertiary/aromatic N) is 2. The van der Waals surface area contributed by atoms with Crippen LogP contribution in [0.3, 0.4) is 0 Å². The van der Waals surface area contributed by atoms with Gasteiger partial charge in [0, 0.05) is 36.5 Å². The molecule has 0 aliphatic carbocycles. The van der Waals surface area contributed by atoms with Gasteiger partial charge in [-0.3, -0.25) is 9.69 Å². The maximum Gasteiger partial charge on any atom is 0.217 e. The van der Waals surface area contributed by atoms with E-state index in [0.29, 0.717) is 0 Å². The Kier molecular flexibility index (Phi) is 4.09. The molecular formula is C19H21N3O2S. The third-order valence-electron chi connectivity index (χ3n) is 4.65. The highest BCUT2D eigenvalue weighted by Gasteiger charge is 2.42. The summed E-state index contributed by atoms with van der Waals surface area (Å²) in [5.74, 6) is 0.939. The maximum atomic E-state index is 11.8. The Morgan fingerprint density at radius 1 is 1.44 bits per heavy atom. The van der Waals surface area contributed by atoms with Crippen LogP contribution in [0.15, 0.2) is 40.1 Å². The molecule has 1 aromatic carbocycles. The van der Waals surface area contributed by atoms with Gasteiger partial charge in [0.05, 0.1) is 6.54 Å². The minimum atomic E-state index is -0.392. The highest BCUT2D eigenvalue weighted by Crippen LogP contribution is 2.35. The monoisotopic (exact) mass is 355 g/mol. The highest BCUT2D eigenvalue weighted by molar-refractivity contribution is 7.09. The molecule has 5 nitrogen and oxygen atoms in total. The Balaban J connectivity index is 1.55. The van der Waals surface area contributed by atoms with Crippen molar-refractivity contribution >= 4 is 28.2 Å². The van der Waals surface area contributed by atoms with E-state index in [1.807, 2.05) is 30.5 Å². The molecule has 1 atom stereocenters. The first-order chi connectivity index (χ1) is 12.0. The zero-order valence-electron chi connectivity index (χ0n) is 14.4. The third-order valence-corrected chi connectivity index (χ3v) is 5.81. The number of furan rings is 1. The van der Waals surface area contributed by atoms with Gasteiger partial charge in [0.1, 0.15) is 21.9 Å². The highest BCUT2D eigenvalue weighted by atomic mass is 32.1. The molecule has 0 bridgehead atoms. The van der Waals surface area contributed by atoms with E-state index in [1.165, 1.54) is 0 Å². The number of thiazole rings is 1. The van der Waals surface area contributed by atoms with E-state index in [4.69, 9.17) is 4.42 Å². The van der Waals surface area contributed by atoms with Gasteiger partial charge in [-0.1, -0.05) is 18.2 Å². The van der Waals surface area contributed by atoms with E-state index in [2.05, 4.69) is 27.3 Å². The average Bonchev–Trinajstić information content (AvgIpc) is 3.26. The number of hydrogen-bond acceptors (Lipinski definition) is 5. The standard InChI is InChI=1S/C19H21N3O2S/c1-13-11-25-18(20-13)19(21-14(2)23)7-8-22(12-19)10-16-9-15-5-3-4-6-17(15)24-16/h3-6,9,11H,7-8,10,12H2,1-2H3,(H,21,23). The van der Waals surface area contributed by atoms with Crippen LogP contribution < -0.4 is 5.32 Å². The number of carbonyl (C=O) groups excluding carboxylic acids is 1. The van der Waals surface area contributed by atoms with Gasteiger partial charge < -0.3 is 9.73 Å². The molecule has 1 amide bonds. The quantitative estimate of drug-likeness (QED) is 0.779. The van der Waals surface area contributed by atoms with E-state index in [0.717, 1.165) is 53.5 Å². The van der Waals surface area contributed by atoms with Crippen LogP contribution in [0.5, 0.6) is 0 Å². The molecule has 1 fully saturated rings. The number of para-hydroxylation sites is 1. The molecular weight excluding hydrogens is 334 g/mol. The Morgan fingerprint density at radius 2 is 2.28 bits per heavy atom. The number of benzene rings is 1. The topological polar surface area (TPSA) is 58.4 Å². The lowest BCUT2D eigenvalue weighted by atomic mass is 9.99. The van der Waals surface area contributed by atoms with Gasteiger partial charge in [0.2, 0.25) is 5.91 Å². The van der Waals surface area contributed by atoms with Crippen LogP contribution >= 0.6 is 11.3 Å². The van der Waals surface area contributed by atoms with Crippen molar-refractivity contribution in [3.05, 3.63) is 52.2 Å². The fourth-order valence-electron chi connectivity index (χ4n) is 3.60. The molecule has 1 aliphatic rings. The number of amides is 1. The van der Waals surface area contributed by atoms with Crippen LogP contribution in [0.25, 0.3) is 11.0 Å². The summed E-state index contributed by atoms with van der Waals surface area (Å²) >= 11 is 1.62. The fraction of sp³-hybridized carbons (Fsp3) is 0.368. The van der Waals surface area contributed by atoms with Gasteiger partial charge in [-0.05, 0) is 25.5 Å². The average molecular weight is 355 g/mol. The van der Waals surface area contributed by atoms with Crippen molar-refractivity contribution in [1.29, 1.82) is 0 Å². The van der Waals surface area contributed by atoms with Crippen molar-refractivity contribution in [3.8, 4) is 0 Å². The van der Waals surface area contributed by atoms with Crippen molar-refractivity contribution in [2.24, 2.45) is 0 Å². The number of rotatable bonds is 4. The Hall–Kier alpha value is -2.18. The molecule has 3 aromatic rings. The zero-order chi connectivity index (χ0) is 17.4. The number of nitrogens with one attached hydrogen (secondary N) is 1. The lowest BCUT2D eigenvalue weighted by Gasteiger charge is -2.28. The summed E-state index contributed by atoms with van der Waals surface area (Å²) in [6.07, 6.45) is 0.861. The summed E-state index contributed by atoms with van der Waals surface area (Å²) in [4.78, 5) is 18.8. The van der Waals surface area contributed by atoms with E-state index >= 15 is 0 Å². The van der Waals surface area contributed by atoms with E-state index in [1.54, 1.807) is 18.3 Å². The first-order valence-corrected chi connectivity index (χ1v) is 9.33. The number of aromatic nitrogens is 1. The van der Waals surface area contributed by atoms with Crippen LogP contribution in [-0.2, 0) is 16.9 Å². The summed E-state index contributed by atoms with van der Waals surface area (Å²) in [5, 5.41) is 7.32. The minimum Gasteiger partial charge on any atom is -0.460 e. The van der Waals surface area contributed by atoms with Crippen molar-refractivity contribution in [2.45, 2.75) is 32.4 Å². The Morgan fingerprint density at radius 3 is 3.00 bits per heavy atom. The zero-order valence-corrected chi connectivity index (χ0v) is 15.2. The van der Waals surface area contributed by atoms with Gasteiger partial charge >= 0.3 is 0 Å². The summed E-state index contributed by atoms with van der Waals surface area (Å²) in [6.45, 7) is 5.94. The second-order valence-corrected chi connectivity index (χ2v) is 7.63. The van der Waals surface area contributed by atoms with Crippen LogP contribution in [0.4, 0.5) is 0 Å². The fourth-order valence-corrected chi connectivity index (χ4v) is 4.57. The van der Waals surface area contributed by atoms with Crippen LogP contribution in [0.2, 0.25) is 0 Å². The molecule has 1 unspecified atom stereocenters. The summed E-state index contributed by atoms with van der Waals surface area (Å²) in [5.41, 5.74) is 1.53. The first kappa shape index (κ1) is 16.3. The molecule has 1 N–H and O–H groups in total. The smallest absolute Gasteiger partial charge is 0.217 e. The molecule has 1 saturated heterocycles. The first-order valence-electron chi connectivity index (χ1n) is 8.45. The Labute approximate surface area is 150 Å². The second kappa shape index (κ2) is 6.28. The molecule has 2 aromatic heterocycles. The largest absolute Gasteiger partial charge is 0.460 e. The van der Waals surface area contributed by atoms with Crippen molar-refractivity contribution in [1.82, 2.24) is 15.2 Å². The van der Waals surface area contributed by atoms with E-state index in [9.17, 15) is 4.79 Å². The molecule has 6 heteroatoms. The van der Waals surface area contributed by atoms with E-state index < -0.39 is 5.54 Å². The number of fused-ring (bicyclic) bond motifs is 1. The molecule has 0 radical (unpaired) electrons. The molecule has 25 heavy (non-hydrogen) atoms. The molecule has 4 rings (SSSR count). The van der Waals surface area contributed by atoms with Gasteiger partial charge in [0.25, 0.3) is 0 Å². The summed E-state index contributed by atoms with van der Waals surface area (Å²) < 4.78 is 5.95. The maximum absolute atomic E-state index is 11.8. The van der Waals surface area contributed by atoms with Gasteiger partial charge in [-0.25, -0.2) is 4.98 Å². The summed E-state index contributed by atoms with van der Waals surface area (Å²) in [7, 11) is 0. The number of hydrogen-bond donors (Lipinski definition) is 1. The molecule has 1 aliphatic heterocycles. The lowest BCUT2D eigenvalue weighted by Crippen LogP contribution is -2.47. The second-order valence-electron chi connectivity index (χ2n) is 6.77. The number of carbonyl (C=O) groups is 1. The predicted molar refractivity (Wildman–Crippen MR) is 98.5 cm³/mol. The SMILES string of the molecule is CC(=O)NC1(c2nc(C)cs2)CCN(Cc2cc3ccccc3o2)C1. The Bertz CT molecular complexity index is 883.